The molecule has 2 N–H and O–H groups in total. The van der Waals surface area contributed by atoms with Gasteiger partial charge in [0.25, 0.3) is 11.8 Å². The molecule has 0 saturated heterocycles. The molecule has 0 unspecified atom stereocenters. The lowest BCUT2D eigenvalue weighted by molar-refractivity contribution is 0.0948. The molecule has 0 aliphatic rings. The van der Waals surface area contributed by atoms with E-state index in [0.717, 1.165) is 5.56 Å². The summed E-state index contributed by atoms with van der Waals surface area (Å²) in [5.74, 6) is -1.58. The van der Waals surface area contributed by atoms with E-state index < -0.39 is 23.1 Å². The van der Waals surface area contributed by atoms with Gasteiger partial charge < -0.3 is 15.2 Å². The largest absolute Gasteiger partial charge is 0.352 e. The molecule has 30 heavy (non-hydrogen) atoms. The molecule has 154 valence electrons. The molecular weight excluding hydrogens is 385 g/mol. The zero-order valence-electron chi connectivity index (χ0n) is 16.5. The van der Waals surface area contributed by atoms with Crippen LogP contribution in [0.2, 0.25) is 0 Å². The maximum atomic E-state index is 13.3. The van der Waals surface area contributed by atoms with Gasteiger partial charge >= 0.3 is 0 Å². The Balaban J connectivity index is 1.91. The Morgan fingerprint density at radius 3 is 2.17 bits per heavy atom. The summed E-state index contributed by atoms with van der Waals surface area (Å²) < 4.78 is 15.0. The number of nitrogens with zero attached hydrogens (tertiary/aromatic N) is 1. The predicted octanol–water partition coefficient (Wildman–Crippen LogP) is 2.72. The SMILES string of the molecule is CCNC(=O)c1cn(Cc2ccccc2)cc(C(=O)NCc2cccc(F)c2)c1=O. The van der Waals surface area contributed by atoms with Crippen LogP contribution in [0.15, 0.2) is 71.8 Å². The second-order valence-corrected chi connectivity index (χ2v) is 6.74. The van der Waals surface area contributed by atoms with Crippen molar-refractivity contribution in [2.45, 2.75) is 20.0 Å². The molecule has 0 aliphatic carbocycles. The monoisotopic (exact) mass is 407 g/mol. The number of carbonyl (C=O) groups is 2. The number of benzene rings is 2. The van der Waals surface area contributed by atoms with Gasteiger partial charge in [-0.25, -0.2) is 4.39 Å². The predicted molar refractivity (Wildman–Crippen MR) is 112 cm³/mol. The van der Waals surface area contributed by atoms with E-state index in [9.17, 15) is 18.8 Å². The topological polar surface area (TPSA) is 80.2 Å². The van der Waals surface area contributed by atoms with Crippen LogP contribution < -0.4 is 16.1 Å². The van der Waals surface area contributed by atoms with Gasteiger partial charge in [0.05, 0.1) is 0 Å². The first-order valence-electron chi connectivity index (χ1n) is 9.56. The fourth-order valence-corrected chi connectivity index (χ4v) is 3.02. The van der Waals surface area contributed by atoms with E-state index in [1.54, 1.807) is 23.6 Å². The summed E-state index contributed by atoms with van der Waals surface area (Å²) in [7, 11) is 0. The summed E-state index contributed by atoms with van der Waals surface area (Å²) in [5.41, 5.74) is 0.612. The number of pyridine rings is 1. The Morgan fingerprint density at radius 2 is 1.53 bits per heavy atom. The maximum Gasteiger partial charge on any atom is 0.257 e. The van der Waals surface area contributed by atoms with Crippen LogP contribution in [0, 0.1) is 5.82 Å². The Bertz CT molecular complexity index is 1110. The Kier molecular flexibility index (Phi) is 6.75. The van der Waals surface area contributed by atoms with Crippen LogP contribution in [0.5, 0.6) is 0 Å². The molecule has 0 aliphatic heterocycles. The number of hydrogen-bond acceptors (Lipinski definition) is 3. The van der Waals surface area contributed by atoms with Crippen LogP contribution in [-0.4, -0.2) is 22.9 Å². The zero-order valence-corrected chi connectivity index (χ0v) is 16.5. The van der Waals surface area contributed by atoms with Crippen molar-refractivity contribution in [1.82, 2.24) is 15.2 Å². The highest BCUT2D eigenvalue weighted by Gasteiger charge is 2.19. The van der Waals surface area contributed by atoms with Crippen molar-refractivity contribution in [3.8, 4) is 0 Å². The number of aromatic nitrogens is 1. The molecule has 7 heteroatoms. The third-order valence-corrected chi connectivity index (χ3v) is 4.46. The Labute approximate surface area is 173 Å². The van der Waals surface area contributed by atoms with Gasteiger partial charge in [0.15, 0.2) is 0 Å². The lowest BCUT2D eigenvalue weighted by Crippen LogP contribution is -2.35. The molecule has 0 bridgehead atoms. The molecule has 2 aromatic carbocycles. The van der Waals surface area contributed by atoms with E-state index in [4.69, 9.17) is 0 Å². The summed E-state index contributed by atoms with van der Waals surface area (Å²) in [6.07, 6.45) is 2.88. The lowest BCUT2D eigenvalue weighted by atomic mass is 10.1. The maximum absolute atomic E-state index is 13.3. The molecule has 0 atom stereocenters. The fraction of sp³-hybridized carbons (Fsp3) is 0.174. The molecule has 0 fully saturated rings. The van der Waals surface area contributed by atoms with Crippen molar-refractivity contribution in [2.75, 3.05) is 6.54 Å². The van der Waals surface area contributed by atoms with Crippen LogP contribution in [-0.2, 0) is 13.1 Å². The van der Waals surface area contributed by atoms with Crippen LogP contribution in [0.1, 0.15) is 38.8 Å². The fourth-order valence-electron chi connectivity index (χ4n) is 3.02. The van der Waals surface area contributed by atoms with Crippen molar-refractivity contribution in [2.24, 2.45) is 0 Å². The highest BCUT2D eigenvalue weighted by atomic mass is 19.1. The van der Waals surface area contributed by atoms with E-state index in [1.165, 1.54) is 24.5 Å². The Hall–Kier alpha value is -3.74. The number of halogens is 1. The van der Waals surface area contributed by atoms with Crippen molar-refractivity contribution in [1.29, 1.82) is 0 Å². The van der Waals surface area contributed by atoms with Crippen LogP contribution in [0.3, 0.4) is 0 Å². The van der Waals surface area contributed by atoms with Gasteiger partial charge in [-0.1, -0.05) is 42.5 Å². The Morgan fingerprint density at radius 1 is 0.900 bits per heavy atom. The number of nitrogens with one attached hydrogen (secondary N) is 2. The van der Waals surface area contributed by atoms with E-state index in [2.05, 4.69) is 10.6 Å². The third kappa shape index (κ3) is 5.20. The molecular formula is C23H22FN3O3. The minimum atomic E-state index is -0.651. The van der Waals surface area contributed by atoms with Crippen molar-refractivity contribution < 1.29 is 14.0 Å². The number of amides is 2. The second kappa shape index (κ2) is 9.65. The van der Waals surface area contributed by atoms with E-state index in [0.29, 0.717) is 18.7 Å². The molecule has 3 aromatic rings. The van der Waals surface area contributed by atoms with Gasteiger partial charge in [-0.2, -0.15) is 0 Å². The highest BCUT2D eigenvalue weighted by Crippen LogP contribution is 2.07. The molecule has 6 nitrogen and oxygen atoms in total. The second-order valence-electron chi connectivity index (χ2n) is 6.74. The van der Waals surface area contributed by atoms with Gasteiger partial charge in [-0.15, -0.1) is 0 Å². The van der Waals surface area contributed by atoms with Gasteiger partial charge in [-0.3, -0.25) is 14.4 Å². The summed E-state index contributed by atoms with van der Waals surface area (Å²) in [6.45, 7) is 2.54. The minimum Gasteiger partial charge on any atom is -0.352 e. The number of rotatable bonds is 7. The van der Waals surface area contributed by atoms with Crippen LogP contribution in [0.4, 0.5) is 4.39 Å². The third-order valence-electron chi connectivity index (χ3n) is 4.46. The van der Waals surface area contributed by atoms with Crippen LogP contribution in [0.25, 0.3) is 0 Å². The average molecular weight is 407 g/mol. The van der Waals surface area contributed by atoms with E-state index in [-0.39, 0.29) is 17.7 Å². The molecule has 0 spiro atoms. The van der Waals surface area contributed by atoms with E-state index >= 15 is 0 Å². The quantitative estimate of drug-likeness (QED) is 0.632. The molecule has 0 saturated carbocycles. The van der Waals surface area contributed by atoms with Gasteiger partial charge in [0.1, 0.15) is 16.9 Å². The zero-order chi connectivity index (χ0) is 21.5. The van der Waals surface area contributed by atoms with Crippen molar-refractivity contribution in [3.05, 3.63) is 105 Å². The molecule has 1 aromatic heterocycles. The summed E-state index contributed by atoms with van der Waals surface area (Å²) in [5, 5.41) is 5.22. The standard InChI is InChI=1S/C23H22FN3O3/c1-2-25-22(29)19-14-27(13-16-7-4-3-5-8-16)15-20(21(19)28)23(30)26-12-17-9-6-10-18(24)11-17/h3-11,14-15H,2,12-13H2,1H3,(H,25,29)(H,26,30). The van der Waals surface area contributed by atoms with Gasteiger partial charge in [0.2, 0.25) is 5.43 Å². The van der Waals surface area contributed by atoms with Gasteiger partial charge in [0, 0.05) is 32.0 Å². The molecule has 2 amide bonds. The summed E-state index contributed by atoms with van der Waals surface area (Å²) in [4.78, 5) is 37.9. The summed E-state index contributed by atoms with van der Waals surface area (Å²) in [6, 6.07) is 15.3. The van der Waals surface area contributed by atoms with E-state index in [1.807, 2.05) is 30.3 Å². The lowest BCUT2D eigenvalue weighted by Gasteiger charge is -2.13. The van der Waals surface area contributed by atoms with Crippen molar-refractivity contribution in [3.63, 3.8) is 0 Å². The first-order valence-corrected chi connectivity index (χ1v) is 9.56. The molecule has 0 radical (unpaired) electrons. The minimum absolute atomic E-state index is 0.0557. The van der Waals surface area contributed by atoms with Crippen LogP contribution >= 0.6 is 0 Å². The first-order chi connectivity index (χ1) is 14.5. The smallest absolute Gasteiger partial charge is 0.257 e. The van der Waals surface area contributed by atoms with Crippen molar-refractivity contribution >= 4 is 11.8 Å². The van der Waals surface area contributed by atoms with Gasteiger partial charge in [-0.05, 0) is 30.2 Å². The first kappa shape index (κ1) is 21.0. The number of carbonyl (C=O) groups excluding carboxylic acids is 2. The molecule has 1 heterocycles. The normalized spacial score (nSPS) is 10.5. The summed E-state index contributed by atoms with van der Waals surface area (Å²) >= 11 is 0. The average Bonchev–Trinajstić information content (AvgIpc) is 2.74. The molecule has 3 rings (SSSR count). The number of hydrogen-bond donors (Lipinski definition) is 2. The highest BCUT2D eigenvalue weighted by molar-refractivity contribution is 5.99.